The van der Waals surface area contributed by atoms with Gasteiger partial charge in [-0.3, -0.25) is 0 Å². The second-order valence-electron chi connectivity index (χ2n) is 3.81. The van der Waals surface area contributed by atoms with Gasteiger partial charge >= 0.3 is 0 Å². The van der Waals surface area contributed by atoms with Crippen molar-refractivity contribution in [2.75, 3.05) is 0 Å². The molecule has 1 nitrogen and oxygen atoms in total. The van der Waals surface area contributed by atoms with Crippen molar-refractivity contribution in [3.63, 3.8) is 0 Å². The zero-order valence-corrected chi connectivity index (χ0v) is 12.1. The Bertz CT molecular complexity index is 454. The van der Waals surface area contributed by atoms with Crippen LogP contribution in [0.1, 0.15) is 16.8 Å². The van der Waals surface area contributed by atoms with Crippen LogP contribution < -0.4 is 0 Å². The molecular weight excluding hydrogens is 374 g/mol. The number of nitrogens with zero attached hydrogens (tertiary/aromatic N) is 1. The minimum absolute atomic E-state index is 0. The van der Waals surface area contributed by atoms with Crippen LogP contribution in [0.3, 0.4) is 0 Å². The van der Waals surface area contributed by atoms with E-state index in [9.17, 15) is 0 Å². The quantitative estimate of drug-likeness (QED) is 0.682. The Labute approximate surface area is 110 Å². The van der Waals surface area contributed by atoms with Crippen LogP contribution in [0.2, 0.25) is 0 Å². The zero-order chi connectivity index (χ0) is 10.8. The molecule has 1 heterocycles. The van der Waals surface area contributed by atoms with Crippen molar-refractivity contribution >= 4 is 0 Å². The zero-order valence-electron chi connectivity index (χ0n) is 9.67. The molecule has 0 saturated carbocycles. The average Bonchev–Trinajstić information content (AvgIpc) is 2.26. The molecule has 0 fully saturated rings. The van der Waals surface area contributed by atoms with Gasteiger partial charge in [0.15, 0.2) is 0 Å². The minimum Gasteiger partial charge on any atom is -0.301 e. The average molecular weight is 388 g/mol. The van der Waals surface area contributed by atoms with Gasteiger partial charge in [-0.15, -0.1) is 35.9 Å². The molecular formula is C14H14IrN-. The van der Waals surface area contributed by atoms with E-state index in [0.29, 0.717) is 0 Å². The van der Waals surface area contributed by atoms with Gasteiger partial charge in [0.2, 0.25) is 0 Å². The first-order chi connectivity index (χ1) is 7.18. The minimum atomic E-state index is 0. The van der Waals surface area contributed by atoms with Gasteiger partial charge in [-0.25, -0.2) is 0 Å². The van der Waals surface area contributed by atoms with E-state index in [2.05, 4.69) is 37.9 Å². The standard InChI is InChI=1S/C14H14N.Ir/c1-10-9-14(15-12(3)11(10)2)13-7-5-4-6-8-13;/h4-7,9H,1-3H3;/q-1;. The summed E-state index contributed by atoms with van der Waals surface area (Å²) in [6, 6.07) is 13.3. The first-order valence-electron chi connectivity index (χ1n) is 5.10. The van der Waals surface area contributed by atoms with Crippen molar-refractivity contribution in [2.24, 2.45) is 0 Å². The third kappa shape index (κ3) is 2.58. The number of pyridine rings is 1. The summed E-state index contributed by atoms with van der Waals surface area (Å²) in [5.74, 6) is 0. The molecule has 1 radical (unpaired) electrons. The molecule has 1 aromatic heterocycles. The summed E-state index contributed by atoms with van der Waals surface area (Å²) in [7, 11) is 0. The van der Waals surface area contributed by atoms with Gasteiger partial charge in [0, 0.05) is 25.8 Å². The van der Waals surface area contributed by atoms with Gasteiger partial charge in [0.25, 0.3) is 0 Å². The molecule has 0 spiro atoms. The van der Waals surface area contributed by atoms with E-state index in [4.69, 9.17) is 0 Å². The number of hydrogen-bond acceptors (Lipinski definition) is 1. The van der Waals surface area contributed by atoms with Gasteiger partial charge in [0.05, 0.1) is 0 Å². The van der Waals surface area contributed by atoms with E-state index < -0.39 is 0 Å². The molecule has 0 amide bonds. The fourth-order valence-electron chi connectivity index (χ4n) is 1.59. The number of benzene rings is 1. The van der Waals surface area contributed by atoms with Crippen molar-refractivity contribution in [3.8, 4) is 11.3 Å². The number of hydrogen-bond donors (Lipinski definition) is 0. The monoisotopic (exact) mass is 389 g/mol. The Balaban J connectivity index is 0.00000128. The fourth-order valence-corrected chi connectivity index (χ4v) is 1.59. The molecule has 0 unspecified atom stereocenters. The summed E-state index contributed by atoms with van der Waals surface area (Å²) >= 11 is 0. The smallest absolute Gasteiger partial charge is 0.0297 e. The number of aryl methyl sites for hydroxylation is 2. The summed E-state index contributed by atoms with van der Waals surface area (Å²) in [5.41, 5.74) is 5.73. The van der Waals surface area contributed by atoms with Crippen molar-refractivity contribution in [1.29, 1.82) is 0 Å². The topological polar surface area (TPSA) is 12.9 Å². The van der Waals surface area contributed by atoms with Crippen LogP contribution in [0.25, 0.3) is 11.3 Å². The molecule has 0 bridgehead atoms. The Morgan fingerprint density at radius 1 is 1.12 bits per heavy atom. The van der Waals surface area contributed by atoms with Gasteiger partial charge < -0.3 is 4.98 Å². The van der Waals surface area contributed by atoms with E-state index in [0.717, 1.165) is 17.0 Å². The Kier molecular flexibility index (Phi) is 4.40. The third-order valence-corrected chi connectivity index (χ3v) is 2.76. The molecule has 0 aliphatic rings. The summed E-state index contributed by atoms with van der Waals surface area (Å²) in [6.07, 6.45) is 0. The van der Waals surface area contributed by atoms with Crippen LogP contribution in [-0.4, -0.2) is 4.98 Å². The van der Waals surface area contributed by atoms with Crippen LogP contribution in [0.4, 0.5) is 0 Å². The summed E-state index contributed by atoms with van der Waals surface area (Å²) < 4.78 is 0. The molecule has 85 valence electrons. The first kappa shape index (κ1) is 13.1. The predicted molar refractivity (Wildman–Crippen MR) is 62.7 cm³/mol. The van der Waals surface area contributed by atoms with E-state index in [1.54, 1.807) is 0 Å². The van der Waals surface area contributed by atoms with Gasteiger partial charge in [-0.2, -0.15) is 0 Å². The second kappa shape index (κ2) is 5.38. The SMILES string of the molecule is Cc1cc(-c2[c-]cccc2)nc(C)c1C.[Ir]. The molecule has 2 heteroatoms. The molecule has 16 heavy (non-hydrogen) atoms. The van der Waals surface area contributed by atoms with Crippen LogP contribution in [0.5, 0.6) is 0 Å². The van der Waals surface area contributed by atoms with Crippen LogP contribution >= 0.6 is 0 Å². The molecule has 1 aromatic carbocycles. The summed E-state index contributed by atoms with van der Waals surface area (Å²) in [6.45, 7) is 6.28. The first-order valence-corrected chi connectivity index (χ1v) is 5.10. The van der Waals surface area contributed by atoms with E-state index in [1.165, 1.54) is 11.1 Å². The molecule has 0 atom stereocenters. The number of rotatable bonds is 1. The van der Waals surface area contributed by atoms with Crippen molar-refractivity contribution < 1.29 is 20.1 Å². The maximum absolute atomic E-state index is 4.57. The Morgan fingerprint density at radius 3 is 2.44 bits per heavy atom. The normalized spacial score (nSPS) is 9.69. The molecule has 2 rings (SSSR count). The van der Waals surface area contributed by atoms with Crippen molar-refractivity contribution in [3.05, 3.63) is 53.2 Å². The largest absolute Gasteiger partial charge is 0.301 e. The van der Waals surface area contributed by atoms with Crippen LogP contribution in [0.15, 0.2) is 30.3 Å². The summed E-state index contributed by atoms with van der Waals surface area (Å²) in [5, 5.41) is 0. The van der Waals surface area contributed by atoms with Gasteiger partial charge in [-0.05, 0) is 32.0 Å². The molecule has 0 saturated heterocycles. The Hall–Kier alpha value is -0.981. The third-order valence-electron chi connectivity index (χ3n) is 2.76. The van der Waals surface area contributed by atoms with Crippen LogP contribution in [0, 0.1) is 26.8 Å². The van der Waals surface area contributed by atoms with Gasteiger partial charge in [0.1, 0.15) is 0 Å². The van der Waals surface area contributed by atoms with E-state index in [1.807, 2.05) is 24.3 Å². The molecule has 0 N–H and O–H groups in total. The van der Waals surface area contributed by atoms with Crippen molar-refractivity contribution in [2.45, 2.75) is 20.8 Å². The number of aromatic nitrogens is 1. The maximum Gasteiger partial charge on any atom is 0.0297 e. The second-order valence-corrected chi connectivity index (χ2v) is 3.81. The van der Waals surface area contributed by atoms with Crippen molar-refractivity contribution in [1.82, 2.24) is 4.98 Å². The molecule has 0 aliphatic heterocycles. The molecule has 0 aliphatic carbocycles. The van der Waals surface area contributed by atoms with Crippen LogP contribution in [-0.2, 0) is 20.1 Å². The van der Waals surface area contributed by atoms with E-state index in [-0.39, 0.29) is 20.1 Å². The maximum atomic E-state index is 4.57. The predicted octanol–water partition coefficient (Wildman–Crippen LogP) is 3.47. The fraction of sp³-hybridized carbons (Fsp3) is 0.214. The Morgan fingerprint density at radius 2 is 1.88 bits per heavy atom. The van der Waals surface area contributed by atoms with E-state index >= 15 is 0 Å². The van der Waals surface area contributed by atoms with Gasteiger partial charge in [-0.1, -0.05) is 11.6 Å². The molecule has 2 aromatic rings. The summed E-state index contributed by atoms with van der Waals surface area (Å²) in [4.78, 5) is 4.57.